The molecular formula is C20H26FNO. The first-order valence-corrected chi connectivity index (χ1v) is 8.17. The zero-order valence-electron chi connectivity index (χ0n) is 14.2. The van der Waals surface area contributed by atoms with Crippen molar-refractivity contribution in [2.45, 2.75) is 39.5 Å². The van der Waals surface area contributed by atoms with Crippen LogP contribution in [0.5, 0.6) is 5.75 Å². The van der Waals surface area contributed by atoms with Gasteiger partial charge in [-0.2, -0.15) is 0 Å². The Hall–Kier alpha value is -1.87. The van der Waals surface area contributed by atoms with Gasteiger partial charge in [-0.25, -0.2) is 4.39 Å². The third-order valence-electron chi connectivity index (χ3n) is 4.19. The van der Waals surface area contributed by atoms with Crippen molar-refractivity contribution in [2.75, 3.05) is 13.2 Å². The highest BCUT2D eigenvalue weighted by atomic mass is 19.1. The van der Waals surface area contributed by atoms with Gasteiger partial charge in [0.15, 0.2) is 0 Å². The van der Waals surface area contributed by atoms with Crippen molar-refractivity contribution in [3.8, 4) is 5.75 Å². The van der Waals surface area contributed by atoms with Crippen LogP contribution in [0.3, 0.4) is 0 Å². The summed E-state index contributed by atoms with van der Waals surface area (Å²) in [5, 5.41) is 0. The molecule has 0 fully saturated rings. The first-order chi connectivity index (χ1) is 11.0. The first-order valence-electron chi connectivity index (χ1n) is 8.17. The van der Waals surface area contributed by atoms with Crippen LogP contribution in [-0.2, 0) is 0 Å². The number of ether oxygens (including phenoxy) is 1. The molecule has 0 saturated carbocycles. The molecule has 0 aliphatic heterocycles. The Bertz CT molecular complexity index is 631. The van der Waals surface area contributed by atoms with E-state index < -0.39 is 0 Å². The molecule has 2 aromatic carbocycles. The summed E-state index contributed by atoms with van der Waals surface area (Å²) >= 11 is 0. The molecule has 0 heterocycles. The van der Waals surface area contributed by atoms with Gasteiger partial charge in [0.1, 0.15) is 11.6 Å². The van der Waals surface area contributed by atoms with Crippen LogP contribution in [0.15, 0.2) is 36.4 Å². The molecule has 1 unspecified atom stereocenters. The molecule has 0 saturated heterocycles. The molecular weight excluding hydrogens is 289 g/mol. The van der Waals surface area contributed by atoms with Crippen LogP contribution in [0.4, 0.5) is 4.39 Å². The van der Waals surface area contributed by atoms with Crippen LogP contribution in [-0.4, -0.2) is 13.2 Å². The molecule has 2 N–H and O–H groups in total. The highest BCUT2D eigenvalue weighted by molar-refractivity contribution is 5.40. The molecule has 2 rings (SSSR count). The highest BCUT2D eigenvalue weighted by Gasteiger charge is 2.15. The Balaban J connectivity index is 1.93. The molecule has 0 amide bonds. The number of hydrogen-bond acceptors (Lipinski definition) is 2. The molecule has 23 heavy (non-hydrogen) atoms. The van der Waals surface area contributed by atoms with E-state index >= 15 is 0 Å². The number of rotatable bonds is 7. The zero-order chi connectivity index (χ0) is 16.8. The molecule has 3 heteroatoms. The molecule has 2 aromatic rings. The highest BCUT2D eigenvalue weighted by Crippen LogP contribution is 2.28. The van der Waals surface area contributed by atoms with Crippen LogP contribution >= 0.6 is 0 Å². The number of nitrogens with two attached hydrogens (primary N) is 1. The summed E-state index contributed by atoms with van der Waals surface area (Å²) in [6.45, 7) is 7.63. The fourth-order valence-electron chi connectivity index (χ4n) is 3.29. The van der Waals surface area contributed by atoms with Crippen molar-refractivity contribution < 1.29 is 9.13 Å². The van der Waals surface area contributed by atoms with Gasteiger partial charge >= 0.3 is 0 Å². The van der Waals surface area contributed by atoms with Crippen molar-refractivity contribution in [1.29, 1.82) is 0 Å². The summed E-state index contributed by atoms with van der Waals surface area (Å²) in [5.41, 5.74) is 11.3. The number of aryl methyl sites for hydroxylation is 3. The van der Waals surface area contributed by atoms with E-state index in [2.05, 4.69) is 32.9 Å². The lowest BCUT2D eigenvalue weighted by molar-refractivity contribution is 0.300. The summed E-state index contributed by atoms with van der Waals surface area (Å²) in [6, 6.07) is 10.7. The number of benzene rings is 2. The zero-order valence-corrected chi connectivity index (χ0v) is 14.2. The van der Waals surface area contributed by atoms with Crippen molar-refractivity contribution in [3.05, 3.63) is 64.5 Å². The summed E-state index contributed by atoms with van der Waals surface area (Å²) in [7, 11) is 0. The molecule has 1 atom stereocenters. The average Bonchev–Trinajstić information content (AvgIpc) is 2.48. The van der Waals surface area contributed by atoms with Gasteiger partial charge in [0.2, 0.25) is 0 Å². The molecule has 0 aromatic heterocycles. The van der Waals surface area contributed by atoms with Crippen molar-refractivity contribution in [1.82, 2.24) is 0 Å². The lowest BCUT2D eigenvalue weighted by Crippen LogP contribution is -2.16. The third kappa shape index (κ3) is 4.80. The number of halogens is 1. The van der Waals surface area contributed by atoms with E-state index in [1.165, 1.54) is 34.4 Å². The van der Waals surface area contributed by atoms with Crippen molar-refractivity contribution >= 4 is 0 Å². The topological polar surface area (TPSA) is 35.2 Å². The Morgan fingerprint density at radius 3 is 2.39 bits per heavy atom. The summed E-state index contributed by atoms with van der Waals surface area (Å²) in [4.78, 5) is 0. The maximum Gasteiger partial charge on any atom is 0.126 e. The van der Waals surface area contributed by atoms with E-state index in [1.807, 2.05) is 0 Å². The van der Waals surface area contributed by atoms with Crippen molar-refractivity contribution in [2.24, 2.45) is 5.73 Å². The molecule has 0 aliphatic carbocycles. The van der Waals surface area contributed by atoms with Crippen LogP contribution in [0.2, 0.25) is 0 Å². The molecule has 124 valence electrons. The second-order valence-corrected chi connectivity index (χ2v) is 6.19. The molecule has 0 spiro atoms. The minimum Gasteiger partial charge on any atom is -0.493 e. The maximum atomic E-state index is 13.1. The van der Waals surface area contributed by atoms with Gasteiger partial charge in [-0.1, -0.05) is 23.8 Å². The predicted molar refractivity (Wildman–Crippen MR) is 93.6 cm³/mol. The van der Waals surface area contributed by atoms with E-state index in [0.29, 0.717) is 24.8 Å². The molecule has 0 radical (unpaired) electrons. The first kappa shape index (κ1) is 17.5. The van der Waals surface area contributed by atoms with Crippen LogP contribution in [0, 0.1) is 26.6 Å². The molecule has 0 bridgehead atoms. The number of hydrogen-bond donors (Lipinski definition) is 1. The quantitative estimate of drug-likeness (QED) is 0.755. The van der Waals surface area contributed by atoms with Gasteiger partial charge in [0.05, 0.1) is 6.61 Å². The van der Waals surface area contributed by atoms with Crippen LogP contribution in [0.25, 0.3) is 0 Å². The van der Waals surface area contributed by atoms with E-state index in [1.54, 1.807) is 12.1 Å². The molecule has 2 nitrogen and oxygen atoms in total. The normalized spacial score (nSPS) is 12.2. The Morgan fingerprint density at radius 1 is 1.09 bits per heavy atom. The second kappa shape index (κ2) is 8.11. The second-order valence-electron chi connectivity index (χ2n) is 6.19. The summed E-state index contributed by atoms with van der Waals surface area (Å²) in [6.07, 6.45) is 1.86. The fraction of sp³-hybridized carbons (Fsp3) is 0.400. The minimum absolute atomic E-state index is 0.270. The van der Waals surface area contributed by atoms with Gasteiger partial charge in [-0.15, -0.1) is 0 Å². The monoisotopic (exact) mass is 315 g/mol. The van der Waals surface area contributed by atoms with E-state index in [9.17, 15) is 4.39 Å². The average molecular weight is 315 g/mol. The maximum absolute atomic E-state index is 13.1. The van der Waals surface area contributed by atoms with E-state index in [-0.39, 0.29) is 5.82 Å². The minimum atomic E-state index is -0.270. The predicted octanol–water partition coefficient (Wildman–Crippen LogP) is 4.65. The Labute approximate surface area is 138 Å². The largest absolute Gasteiger partial charge is 0.493 e. The van der Waals surface area contributed by atoms with Crippen molar-refractivity contribution in [3.63, 3.8) is 0 Å². The van der Waals surface area contributed by atoms with E-state index in [0.717, 1.165) is 12.8 Å². The lowest BCUT2D eigenvalue weighted by atomic mass is 9.86. The van der Waals surface area contributed by atoms with Gasteiger partial charge in [0, 0.05) is 6.07 Å². The molecule has 0 aliphatic rings. The fourth-order valence-corrected chi connectivity index (χ4v) is 3.29. The third-order valence-corrected chi connectivity index (χ3v) is 4.19. The van der Waals surface area contributed by atoms with Gasteiger partial charge in [-0.05, 0) is 74.9 Å². The van der Waals surface area contributed by atoms with Gasteiger partial charge in [-0.3, -0.25) is 0 Å². The van der Waals surface area contributed by atoms with Crippen LogP contribution < -0.4 is 10.5 Å². The standard InChI is InChI=1S/C20H26FNO/c1-14-10-15(2)20(16(3)11-14)17(13-22)6-5-9-23-19-8-4-7-18(21)12-19/h4,7-8,10-12,17H,5-6,9,13,22H2,1-3H3. The lowest BCUT2D eigenvalue weighted by Gasteiger charge is -2.21. The van der Waals surface area contributed by atoms with Crippen LogP contribution in [0.1, 0.15) is 41.0 Å². The Kier molecular flexibility index (Phi) is 6.17. The Morgan fingerprint density at radius 2 is 1.78 bits per heavy atom. The SMILES string of the molecule is Cc1cc(C)c(C(CN)CCCOc2cccc(F)c2)c(C)c1. The van der Waals surface area contributed by atoms with Gasteiger partial charge < -0.3 is 10.5 Å². The van der Waals surface area contributed by atoms with E-state index in [4.69, 9.17) is 10.5 Å². The summed E-state index contributed by atoms with van der Waals surface area (Å²) in [5.74, 6) is 0.650. The smallest absolute Gasteiger partial charge is 0.126 e. The van der Waals surface area contributed by atoms with Gasteiger partial charge in [0.25, 0.3) is 0 Å². The summed E-state index contributed by atoms with van der Waals surface area (Å²) < 4.78 is 18.7.